The summed E-state index contributed by atoms with van der Waals surface area (Å²) in [4.78, 5) is 14.2. The molecule has 0 saturated carbocycles. The first-order valence-corrected chi connectivity index (χ1v) is 8.98. The number of carbonyl (C=O) groups is 1. The van der Waals surface area contributed by atoms with Gasteiger partial charge in [-0.05, 0) is 60.3 Å². The third-order valence-electron chi connectivity index (χ3n) is 5.56. The smallest absolute Gasteiger partial charge is 0.444 e. The zero-order chi connectivity index (χ0) is 18.6. The Balaban J connectivity index is 2.06. The van der Waals surface area contributed by atoms with Crippen LogP contribution in [0.1, 0.15) is 68.7 Å². The van der Waals surface area contributed by atoms with E-state index in [-0.39, 0.29) is 35.6 Å². The van der Waals surface area contributed by atoms with E-state index in [4.69, 9.17) is 14.0 Å². The minimum Gasteiger partial charge on any atom is -0.444 e. The van der Waals surface area contributed by atoms with E-state index in [1.165, 1.54) is 0 Å². The Morgan fingerprint density at radius 3 is 2.00 bits per heavy atom. The molecule has 0 aromatic rings. The zero-order valence-corrected chi connectivity index (χ0v) is 16.9. The number of hydrogen-bond donors (Lipinski definition) is 0. The van der Waals surface area contributed by atoms with Gasteiger partial charge in [-0.2, -0.15) is 0 Å². The van der Waals surface area contributed by atoms with Gasteiger partial charge in [-0.25, -0.2) is 4.79 Å². The summed E-state index contributed by atoms with van der Waals surface area (Å²) in [6.45, 7) is 19.7. The van der Waals surface area contributed by atoms with Gasteiger partial charge >= 0.3 is 13.2 Å². The molecule has 2 saturated heterocycles. The van der Waals surface area contributed by atoms with Crippen molar-refractivity contribution < 1.29 is 18.8 Å². The molecule has 2 heterocycles. The van der Waals surface area contributed by atoms with Crippen molar-refractivity contribution in [2.45, 2.75) is 91.4 Å². The van der Waals surface area contributed by atoms with E-state index in [1.54, 1.807) is 0 Å². The lowest BCUT2D eigenvalue weighted by atomic mass is 9.55. The van der Waals surface area contributed by atoms with Crippen LogP contribution in [0, 0.1) is 5.41 Å². The number of piperidine rings is 1. The molecule has 2 aliphatic heterocycles. The fourth-order valence-electron chi connectivity index (χ4n) is 3.41. The van der Waals surface area contributed by atoms with Crippen LogP contribution in [-0.2, 0) is 14.0 Å². The standard InChI is InChI=1S/C18H34BNO4/c1-15(2,3)22-14(21)20-11-10-13(16(4,5)12-20)19-23-17(6,7)18(8,9)24-19/h13H,10-12H2,1-9H3. The lowest BCUT2D eigenvalue weighted by Crippen LogP contribution is -2.51. The average Bonchev–Trinajstić information content (AvgIpc) is 2.54. The molecule has 1 atom stereocenters. The van der Waals surface area contributed by atoms with Crippen molar-refractivity contribution in [2.75, 3.05) is 13.1 Å². The largest absolute Gasteiger partial charge is 0.461 e. The molecule has 5 nitrogen and oxygen atoms in total. The van der Waals surface area contributed by atoms with E-state index in [2.05, 4.69) is 41.5 Å². The summed E-state index contributed by atoms with van der Waals surface area (Å²) in [6.07, 6.45) is 0.617. The first-order chi connectivity index (χ1) is 10.6. The molecule has 24 heavy (non-hydrogen) atoms. The Kier molecular flexibility index (Phi) is 4.82. The number of amides is 1. The fraction of sp³-hybridized carbons (Fsp3) is 0.944. The quantitative estimate of drug-likeness (QED) is 0.675. The summed E-state index contributed by atoms with van der Waals surface area (Å²) in [7, 11) is -0.231. The van der Waals surface area contributed by atoms with Crippen LogP contribution in [0.4, 0.5) is 4.79 Å². The van der Waals surface area contributed by atoms with Crippen molar-refractivity contribution in [3.63, 3.8) is 0 Å². The summed E-state index contributed by atoms with van der Waals surface area (Å²) in [5, 5.41) is 0. The van der Waals surface area contributed by atoms with Crippen LogP contribution in [-0.4, -0.2) is 48.0 Å². The lowest BCUT2D eigenvalue weighted by molar-refractivity contribution is 0.00578. The first kappa shape index (κ1) is 19.6. The molecule has 1 unspecified atom stereocenters. The van der Waals surface area contributed by atoms with Crippen molar-refractivity contribution in [1.29, 1.82) is 0 Å². The lowest BCUT2D eigenvalue weighted by Gasteiger charge is -2.44. The number of nitrogens with zero attached hydrogens (tertiary/aromatic N) is 1. The number of carbonyl (C=O) groups excluding carboxylic acids is 1. The average molecular weight is 339 g/mol. The monoisotopic (exact) mass is 339 g/mol. The highest BCUT2D eigenvalue weighted by Gasteiger charge is 2.57. The first-order valence-electron chi connectivity index (χ1n) is 8.98. The predicted molar refractivity (Wildman–Crippen MR) is 96.0 cm³/mol. The van der Waals surface area contributed by atoms with E-state index >= 15 is 0 Å². The highest BCUT2D eigenvalue weighted by atomic mass is 16.7. The van der Waals surface area contributed by atoms with E-state index in [9.17, 15) is 4.79 Å². The molecule has 0 N–H and O–H groups in total. The van der Waals surface area contributed by atoms with E-state index in [0.717, 1.165) is 6.42 Å². The molecule has 0 radical (unpaired) electrons. The topological polar surface area (TPSA) is 48.0 Å². The van der Waals surface area contributed by atoms with Gasteiger partial charge in [0.15, 0.2) is 0 Å². The SMILES string of the molecule is CC(C)(C)OC(=O)N1CCC(B2OC(C)(C)C(C)(C)O2)C(C)(C)C1. The van der Waals surface area contributed by atoms with Gasteiger partial charge in [0.1, 0.15) is 5.60 Å². The van der Waals surface area contributed by atoms with Gasteiger partial charge in [0.2, 0.25) is 0 Å². The molecular weight excluding hydrogens is 305 g/mol. The molecule has 1 amide bonds. The van der Waals surface area contributed by atoms with Crippen molar-refractivity contribution in [3.05, 3.63) is 0 Å². The number of rotatable bonds is 1. The van der Waals surface area contributed by atoms with Crippen LogP contribution in [0.25, 0.3) is 0 Å². The minimum absolute atomic E-state index is 0.101. The molecule has 6 heteroatoms. The Labute approximate surface area is 147 Å². The van der Waals surface area contributed by atoms with E-state index in [0.29, 0.717) is 13.1 Å². The molecule has 2 aliphatic rings. The van der Waals surface area contributed by atoms with Crippen LogP contribution in [0.2, 0.25) is 5.82 Å². The molecule has 0 aliphatic carbocycles. The molecule has 0 bridgehead atoms. The van der Waals surface area contributed by atoms with E-state index < -0.39 is 5.60 Å². The molecule has 2 fully saturated rings. The van der Waals surface area contributed by atoms with Crippen LogP contribution in [0.15, 0.2) is 0 Å². The second-order valence-electron chi connectivity index (χ2n) is 9.91. The van der Waals surface area contributed by atoms with E-state index in [1.807, 2.05) is 25.7 Å². The van der Waals surface area contributed by atoms with Crippen molar-refractivity contribution in [3.8, 4) is 0 Å². The van der Waals surface area contributed by atoms with Gasteiger partial charge in [0, 0.05) is 18.9 Å². The third kappa shape index (κ3) is 3.91. The maximum absolute atomic E-state index is 12.4. The van der Waals surface area contributed by atoms with Gasteiger partial charge in [-0.1, -0.05) is 13.8 Å². The van der Waals surface area contributed by atoms with Crippen molar-refractivity contribution >= 4 is 13.2 Å². The molecule has 138 valence electrons. The van der Waals surface area contributed by atoms with Gasteiger partial charge in [0.05, 0.1) is 11.2 Å². The summed E-state index contributed by atoms with van der Waals surface area (Å²) in [5.74, 6) is 0.247. The molecule has 0 spiro atoms. The Bertz CT molecular complexity index is 480. The summed E-state index contributed by atoms with van der Waals surface area (Å²) < 4.78 is 18.0. The molecule has 0 aromatic carbocycles. The Hall–Kier alpha value is -0.745. The van der Waals surface area contributed by atoms with Crippen LogP contribution < -0.4 is 0 Å². The summed E-state index contributed by atoms with van der Waals surface area (Å²) in [6, 6.07) is 0. The highest BCUT2D eigenvalue weighted by Crippen LogP contribution is 2.48. The Morgan fingerprint density at radius 1 is 1.08 bits per heavy atom. The van der Waals surface area contributed by atoms with Gasteiger partial charge in [-0.3, -0.25) is 0 Å². The minimum atomic E-state index is -0.468. The highest BCUT2D eigenvalue weighted by molar-refractivity contribution is 6.47. The number of likely N-dealkylation sites (tertiary alicyclic amines) is 1. The van der Waals surface area contributed by atoms with Crippen LogP contribution >= 0.6 is 0 Å². The zero-order valence-electron chi connectivity index (χ0n) is 16.9. The summed E-state index contributed by atoms with van der Waals surface area (Å²) in [5.41, 5.74) is -1.22. The normalized spacial score (nSPS) is 28.8. The second-order valence-corrected chi connectivity index (χ2v) is 9.91. The second kappa shape index (κ2) is 5.91. The molecular formula is C18H34BNO4. The van der Waals surface area contributed by atoms with Crippen molar-refractivity contribution in [1.82, 2.24) is 4.90 Å². The van der Waals surface area contributed by atoms with Crippen LogP contribution in [0.3, 0.4) is 0 Å². The molecule has 0 aromatic heterocycles. The number of ether oxygens (including phenoxy) is 1. The van der Waals surface area contributed by atoms with Gasteiger partial charge in [-0.15, -0.1) is 0 Å². The maximum Gasteiger partial charge on any atom is 0.461 e. The summed E-state index contributed by atoms with van der Waals surface area (Å²) >= 11 is 0. The van der Waals surface area contributed by atoms with Crippen LogP contribution in [0.5, 0.6) is 0 Å². The maximum atomic E-state index is 12.4. The van der Waals surface area contributed by atoms with Crippen molar-refractivity contribution in [2.24, 2.45) is 5.41 Å². The van der Waals surface area contributed by atoms with Gasteiger partial charge < -0.3 is 18.9 Å². The number of hydrogen-bond acceptors (Lipinski definition) is 4. The fourth-order valence-corrected chi connectivity index (χ4v) is 3.41. The Morgan fingerprint density at radius 2 is 1.58 bits per heavy atom. The predicted octanol–water partition coefficient (Wildman–Crippen LogP) is 4.12. The van der Waals surface area contributed by atoms with Gasteiger partial charge in [0.25, 0.3) is 0 Å². The molecule has 2 rings (SSSR count). The third-order valence-corrected chi connectivity index (χ3v) is 5.56.